The molecular formula is C25H35N5O. The molecule has 4 heterocycles. The summed E-state index contributed by atoms with van der Waals surface area (Å²) in [6, 6.07) is 13.5. The summed E-state index contributed by atoms with van der Waals surface area (Å²) in [5.74, 6) is 1.77. The quantitative estimate of drug-likeness (QED) is 0.739. The number of ether oxygens (including phenoxy) is 1. The number of morpholine rings is 1. The summed E-state index contributed by atoms with van der Waals surface area (Å²) >= 11 is 0. The number of aromatic nitrogens is 1. The van der Waals surface area contributed by atoms with E-state index >= 15 is 0 Å². The molecule has 3 aliphatic rings. The average molecular weight is 422 g/mol. The Kier molecular flexibility index (Phi) is 6.27. The Labute approximate surface area is 186 Å². The van der Waals surface area contributed by atoms with Gasteiger partial charge in [-0.25, -0.2) is 4.98 Å². The minimum absolute atomic E-state index is 0.701. The van der Waals surface area contributed by atoms with Crippen molar-refractivity contribution in [2.45, 2.75) is 12.8 Å². The Hall–Kier alpha value is -2.31. The second-order valence-electron chi connectivity index (χ2n) is 9.20. The highest BCUT2D eigenvalue weighted by Gasteiger charge is 2.25. The van der Waals surface area contributed by atoms with Crippen LogP contribution < -0.4 is 14.7 Å². The van der Waals surface area contributed by atoms with Crippen molar-refractivity contribution in [3.63, 3.8) is 0 Å². The first kappa shape index (κ1) is 20.6. The molecule has 0 bridgehead atoms. The first-order valence-corrected chi connectivity index (χ1v) is 11.8. The van der Waals surface area contributed by atoms with Gasteiger partial charge in [0.25, 0.3) is 0 Å². The Morgan fingerprint density at radius 2 is 1.68 bits per heavy atom. The number of nitrogens with zero attached hydrogens (tertiary/aromatic N) is 5. The van der Waals surface area contributed by atoms with E-state index in [4.69, 9.17) is 9.72 Å². The smallest absolute Gasteiger partial charge is 0.128 e. The number of benzene rings is 1. The SMILES string of the molecule is CN1CCN(c2ccccc2CC2CCN(c3ccc(N4CCOCC4)nc3)C2)CC1. The van der Waals surface area contributed by atoms with Crippen LogP contribution in [0.5, 0.6) is 0 Å². The van der Waals surface area contributed by atoms with Gasteiger partial charge in [-0.2, -0.15) is 0 Å². The van der Waals surface area contributed by atoms with Crippen molar-refractivity contribution in [2.24, 2.45) is 5.92 Å². The number of rotatable bonds is 5. The summed E-state index contributed by atoms with van der Waals surface area (Å²) in [6.07, 6.45) is 4.48. The fourth-order valence-corrected chi connectivity index (χ4v) is 5.13. The molecule has 166 valence electrons. The van der Waals surface area contributed by atoms with E-state index in [0.717, 1.165) is 77.8 Å². The third-order valence-corrected chi connectivity index (χ3v) is 7.06. The van der Waals surface area contributed by atoms with Crippen LogP contribution in [0.3, 0.4) is 0 Å². The molecule has 0 N–H and O–H groups in total. The predicted molar refractivity (Wildman–Crippen MR) is 127 cm³/mol. The molecule has 0 aliphatic carbocycles. The van der Waals surface area contributed by atoms with Crippen molar-refractivity contribution in [1.29, 1.82) is 0 Å². The van der Waals surface area contributed by atoms with Crippen LogP contribution in [-0.4, -0.2) is 82.5 Å². The van der Waals surface area contributed by atoms with Crippen molar-refractivity contribution in [3.05, 3.63) is 48.2 Å². The molecule has 1 atom stereocenters. The fourth-order valence-electron chi connectivity index (χ4n) is 5.13. The third-order valence-electron chi connectivity index (χ3n) is 7.06. The van der Waals surface area contributed by atoms with Crippen LogP contribution in [0.1, 0.15) is 12.0 Å². The minimum atomic E-state index is 0.701. The lowest BCUT2D eigenvalue weighted by Crippen LogP contribution is -2.44. The summed E-state index contributed by atoms with van der Waals surface area (Å²) in [5.41, 5.74) is 4.22. The predicted octanol–water partition coefficient (Wildman–Crippen LogP) is 2.74. The maximum absolute atomic E-state index is 5.46. The Morgan fingerprint density at radius 3 is 2.45 bits per heavy atom. The van der Waals surface area contributed by atoms with Crippen LogP contribution in [0, 0.1) is 5.92 Å². The van der Waals surface area contributed by atoms with Gasteiger partial charge in [0.2, 0.25) is 0 Å². The van der Waals surface area contributed by atoms with Gasteiger partial charge in [-0.3, -0.25) is 0 Å². The summed E-state index contributed by atoms with van der Waals surface area (Å²) in [5, 5.41) is 0. The molecule has 6 nitrogen and oxygen atoms in total. The van der Waals surface area contributed by atoms with Gasteiger partial charge in [0.05, 0.1) is 25.1 Å². The molecule has 31 heavy (non-hydrogen) atoms. The molecular weight excluding hydrogens is 386 g/mol. The number of hydrogen-bond donors (Lipinski definition) is 0. The number of para-hydroxylation sites is 1. The topological polar surface area (TPSA) is 35.1 Å². The van der Waals surface area contributed by atoms with Gasteiger partial charge in [-0.05, 0) is 49.6 Å². The number of pyridine rings is 1. The van der Waals surface area contributed by atoms with E-state index in [1.54, 1.807) is 0 Å². The van der Waals surface area contributed by atoms with Crippen LogP contribution in [0.4, 0.5) is 17.2 Å². The number of likely N-dealkylation sites (N-methyl/N-ethyl adjacent to an activating group) is 1. The van der Waals surface area contributed by atoms with Crippen molar-refractivity contribution in [2.75, 3.05) is 87.3 Å². The highest BCUT2D eigenvalue weighted by Crippen LogP contribution is 2.30. The van der Waals surface area contributed by atoms with Gasteiger partial charge >= 0.3 is 0 Å². The lowest BCUT2D eigenvalue weighted by Gasteiger charge is -2.35. The van der Waals surface area contributed by atoms with Gasteiger partial charge < -0.3 is 24.3 Å². The second-order valence-corrected chi connectivity index (χ2v) is 9.20. The first-order valence-electron chi connectivity index (χ1n) is 11.8. The fraction of sp³-hybridized carbons (Fsp3) is 0.560. The molecule has 6 heteroatoms. The molecule has 0 radical (unpaired) electrons. The maximum atomic E-state index is 5.46. The largest absolute Gasteiger partial charge is 0.378 e. The molecule has 2 aromatic rings. The summed E-state index contributed by atoms with van der Waals surface area (Å²) in [4.78, 5) is 14.6. The Morgan fingerprint density at radius 1 is 0.871 bits per heavy atom. The average Bonchev–Trinajstić information content (AvgIpc) is 3.29. The lowest BCUT2D eigenvalue weighted by atomic mass is 9.96. The zero-order valence-electron chi connectivity index (χ0n) is 18.7. The number of hydrogen-bond acceptors (Lipinski definition) is 6. The molecule has 3 saturated heterocycles. The standard InChI is InChI=1S/C25H35N5O/c1-27-10-12-28(13-11-27)24-5-3-2-4-22(24)18-21-8-9-30(20-21)23-6-7-25(26-19-23)29-14-16-31-17-15-29/h2-7,19,21H,8-18,20H2,1H3. The van der Waals surface area contributed by atoms with E-state index in [2.05, 4.69) is 69.2 Å². The van der Waals surface area contributed by atoms with Gasteiger partial charge in [-0.15, -0.1) is 0 Å². The number of anilines is 3. The molecule has 1 unspecified atom stereocenters. The summed E-state index contributed by atoms with van der Waals surface area (Å²) in [6.45, 7) is 10.3. The van der Waals surface area contributed by atoms with Crippen molar-refractivity contribution >= 4 is 17.2 Å². The molecule has 3 aliphatic heterocycles. The van der Waals surface area contributed by atoms with Crippen molar-refractivity contribution < 1.29 is 4.74 Å². The molecule has 5 rings (SSSR count). The van der Waals surface area contributed by atoms with E-state index in [9.17, 15) is 0 Å². The van der Waals surface area contributed by atoms with Gasteiger partial charge in [0.1, 0.15) is 5.82 Å². The Bertz CT molecular complexity index is 843. The van der Waals surface area contributed by atoms with Crippen LogP contribution >= 0.6 is 0 Å². The van der Waals surface area contributed by atoms with Crippen LogP contribution in [0.2, 0.25) is 0 Å². The summed E-state index contributed by atoms with van der Waals surface area (Å²) < 4.78 is 5.46. The first-order chi connectivity index (χ1) is 15.3. The molecule has 3 fully saturated rings. The van der Waals surface area contributed by atoms with E-state index < -0.39 is 0 Å². The van der Waals surface area contributed by atoms with Crippen molar-refractivity contribution in [3.8, 4) is 0 Å². The van der Waals surface area contributed by atoms with E-state index in [-0.39, 0.29) is 0 Å². The van der Waals surface area contributed by atoms with Gasteiger partial charge in [0.15, 0.2) is 0 Å². The zero-order valence-corrected chi connectivity index (χ0v) is 18.7. The Balaban J connectivity index is 1.21. The highest BCUT2D eigenvalue weighted by atomic mass is 16.5. The molecule has 0 amide bonds. The lowest BCUT2D eigenvalue weighted by molar-refractivity contribution is 0.122. The van der Waals surface area contributed by atoms with Gasteiger partial charge in [-0.1, -0.05) is 18.2 Å². The zero-order chi connectivity index (χ0) is 21.0. The third kappa shape index (κ3) is 4.80. The molecule has 0 spiro atoms. The normalized spacial score (nSPS) is 22.9. The van der Waals surface area contributed by atoms with Crippen LogP contribution in [0.15, 0.2) is 42.6 Å². The number of piperazine rings is 1. The van der Waals surface area contributed by atoms with E-state index in [1.807, 2.05) is 0 Å². The minimum Gasteiger partial charge on any atom is -0.378 e. The highest BCUT2D eigenvalue weighted by molar-refractivity contribution is 5.55. The van der Waals surface area contributed by atoms with E-state index in [0.29, 0.717) is 5.92 Å². The molecule has 0 saturated carbocycles. The molecule has 1 aromatic carbocycles. The van der Waals surface area contributed by atoms with E-state index in [1.165, 1.54) is 23.4 Å². The van der Waals surface area contributed by atoms with Crippen molar-refractivity contribution in [1.82, 2.24) is 9.88 Å². The monoisotopic (exact) mass is 421 g/mol. The molecule has 1 aromatic heterocycles. The van der Waals surface area contributed by atoms with Crippen LogP contribution in [-0.2, 0) is 11.2 Å². The second kappa shape index (κ2) is 9.45. The van der Waals surface area contributed by atoms with Crippen LogP contribution in [0.25, 0.3) is 0 Å². The van der Waals surface area contributed by atoms with Gasteiger partial charge in [0, 0.05) is 58.0 Å². The maximum Gasteiger partial charge on any atom is 0.128 e. The summed E-state index contributed by atoms with van der Waals surface area (Å²) in [7, 11) is 2.22.